The molecule has 1 amide bonds. The highest BCUT2D eigenvalue weighted by molar-refractivity contribution is 7.11. The van der Waals surface area contributed by atoms with Gasteiger partial charge in [-0.25, -0.2) is 9.78 Å². The fraction of sp³-hybridized carbons (Fsp3) is 0.267. The molecule has 6 heteroatoms. The molecule has 2 aromatic rings. The van der Waals surface area contributed by atoms with Crippen LogP contribution in [0.1, 0.15) is 37.5 Å². The Balaban J connectivity index is 2.00. The third-order valence-electron chi connectivity index (χ3n) is 2.92. The van der Waals surface area contributed by atoms with Crippen molar-refractivity contribution >= 4 is 23.2 Å². The van der Waals surface area contributed by atoms with Crippen molar-refractivity contribution in [1.82, 2.24) is 10.3 Å². The first-order valence-corrected chi connectivity index (χ1v) is 7.33. The Bertz CT molecular complexity index is 666. The van der Waals surface area contributed by atoms with Crippen LogP contribution in [0.5, 0.6) is 0 Å². The maximum atomic E-state index is 12.1. The second-order valence-electron chi connectivity index (χ2n) is 4.83. The lowest BCUT2D eigenvalue weighted by molar-refractivity contribution is 0.0690. The summed E-state index contributed by atoms with van der Waals surface area (Å²) in [6.45, 7) is 3.97. The van der Waals surface area contributed by atoms with Gasteiger partial charge in [0.1, 0.15) is 5.69 Å². The summed E-state index contributed by atoms with van der Waals surface area (Å²) in [4.78, 5) is 29.1. The Morgan fingerprint density at radius 3 is 2.76 bits per heavy atom. The monoisotopic (exact) mass is 304 g/mol. The molecule has 2 heterocycles. The number of carboxylic acid groups (broad SMARTS) is 1. The first-order chi connectivity index (χ1) is 9.95. The molecule has 0 unspecified atom stereocenters. The normalized spacial score (nSPS) is 11.9. The van der Waals surface area contributed by atoms with E-state index in [0.29, 0.717) is 5.56 Å². The van der Waals surface area contributed by atoms with Crippen LogP contribution in [-0.4, -0.2) is 28.0 Å². The molecule has 2 aromatic heterocycles. The Morgan fingerprint density at radius 1 is 1.38 bits per heavy atom. The summed E-state index contributed by atoms with van der Waals surface area (Å²) >= 11 is 1.71. The second kappa shape index (κ2) is 6.49. The number of hydrogen-bond acceptors (Lipinski definition) is 4. The average Bonchev–Trinajstić information content (AvgIpc) is 2.83. The molecule has 21 heavy (non-hydrogen) atoms. The number of aromatic nitrogens is 1. The van der Waals surface area contributed by atoms with Crippen LogP contribution in [0.15, 0.2) is 30.5 Å². The summed E-state index contributed by atoms with van der Waals surface area (Å²) in [7, 11) is 0. The van der Waals surface area contributed by atoms with E-state index in [1.54, 1.807) is 11.3 Å². The average molecular weight is 304 g/mol. The van der Waals surface area contributed by atoms with Gasteiger partial charge in [0.25, 0.3) is 5.91 Å². The van der Waals surface area contributed by atoms with Gasteiger partial charge in [0.15, 0.2) is 0 Å². The molecular weight excluding hydrogens is 288 g/mol. The van der Waals surface area contributed by atoms with Crippen molar-refractivity contribution < 1.29 is 14.7 Å². The molecule has 0 aliphatic heterocycles. The largest absolute Gasteiger partial charge is 0.477 e. The summed E-state index contributed by atoms with van der Waals surface area (Å²) in [5, 5.41) is 11.7. The molecule has 0 saturated carbocycles. The first kappa shape index (κ1) is 15.2. The molecule has 1 atom stereocenters. The fourth-order valence-electron chi connectivity index (χ4n) is 1.94. The van der Waals surface area contributed by atoms with Gasteiger partial charge in [0.05, 0.1) is 0 Å². The van der Waals surface area contributed by atoms with Gasteiger partial charge in [-0.05, 0) is 38.1 Å². The molecule has 0 fully saturated rings. The molecule has 0 aromatic carbocycles. The van der Waals surface area contributed by atoms with Crippen molar-refractivity contribution in [2.75, 3.05) is 0 Å². The Hall–Kier alpha value is -2.21. The lowest BCUT2D eigenvalue weighted by Gasteiger charge is -2.13. The SMILES string of the molecule is Cc1ccc(C[C@H](C)NC(=O)c2ccnc(C(=O)O)c2)s1. The van der Waals surface area contributed by atoms with Crippen LogP contribution in [0, 0.1) is 6.92 Å². The quantitative estimate of drug-likeness (QED) is 0.889. The van der Waals surface area contributed by atoms with Crippen LogP contribution in [0.2, 0.25) is 0 Å². The van der Waals surface area contributed by atoms with E-state index in [2.05, 4.69) is 22.4 Å². The molecule has 5 nitrogen and oxygen atoms in total. The number of aryl methyl sites for hydroxylation is 1. The van der Waals surface area contributed by atoms with Crippen molar-refractivity contribution in [2.24, 2.45) is 0 Å². The van der Waals surface area contributed by atoms with Gasteiger partial charge in [-0.2, -0.15) is 0 Å². The predicted octanol–water partition coefficient (Wildman–Crippen LogP) is 2.51. The number of carboxylic acids is 1. The number of thiophene rings is 1. The Kier molecular flexibility index (Phi) is 4.70. The highest BCUT2D eigenvalue weighted by Crippen LogP contribution is 2.16. The molecule has 2 N–H and O–H groups in total. The van der Waals surface area contributed by atoms with Crippen LogP contribution < -0.4 is 5.32 Å². The maximum absolute atomic E-state index is 12.1. The smallest absolute Gasteiger partial charge is 0.354 e. The van der Waals surface area contributed by atoms with Crippen molar-refractivity contribution in [3.63, 3.8) is 0 Å². The summed E-state index contributed by atoms with van der Waals surface area (Å²) in [5.41, 5.74) is 0.167. The summed E-state index contributed by atoms with van der Waals surface area (Å²) < 4.78 is 0. The summed E-state index contributed by atoms with van der Waals surface area (Å²) in [6, 6.07) is 6.86. The van der Waals surface area contributed by atoms with Gasteiger partial charge in [-0.3, -0.25) is 4.79 Å². The molecule has 110 valence electrons. The van der Waals surface area contributed by atoms with E-state index < -0.39 is 5.97 Å². The highest BCUT2D eigenvalue weighted by Gasteiger charge is 2.13. The van der Waals surface area contributed by atoms with Crippen molar-refractivity contribution in [2.45, 2.75) is 26.3 Å². The van der Waals surface area contributed by atoms with Gasteiger partial charge in [-0.15, -0.1) is 11.3 Å². The zero-order chi connectivity index (χ0) is 15.4. The molecule has 0 saturated heterocycles. The summed E-state index contributed by atoms with van der Waals surface area (Å²) in [6.07, 6.45) is 2.08. The third kappa shape index (κ3) is 4.13. The van der Waals surface area contributed by atoms with E-state index in [1.807, 2.05) is 13.8 Å². The molecule has 0 spiro atoms. The van der Waals surface area contributed by atoms with E-state index >= 15 is 0 Å². The zero-order valence-electron chi connectivity index (χ0n) is 11.8. The third-order valence-corrected chi connectivity index (χ3v) is 3.95. The topological polar surface area (TPSA) is 79.3 Å². The van der Waals surface area contributed by atoms with E-state index in [-0.39, 0.29) is 17.6 Å². The Morgan fingerprint density at radius 2 is 2.14 bits per heavy atom. The minimum atomic E-state index is -1.15. The highest BCUT2D eigenvalue weighted by atomic mass is 32.1. The molecule has 0 bridgehead atoms. The van der Waals surface area contributed by atoms with Gasteiger partial charge >= 0.3 is 5.97 Å². The standard InChI is InChI=1S/C15H16N2O3S/c1-9(7-12-4-3-10(2)21-12)17-14(18)11-5-6-16-13(8-11)15(19)20/h3-6,8-9H,7H2,1-2H3,(H,17,18)(H,19,20)/t9-/m0/s1. The van der Waals surface area contributed by atoms with Gasteiger partial charge in [0, 0.05) is 34.0 Å². The van der Waals surface area contributed by atoms with Crippen molar-refractivity contribution in [3.8, 4) is 0 Å². The summed E-state index contributed by atoms with van der Waals surface area (Å²) in [5.74, 6) is -1.44. The lowest BCUT2D eigenvalue weighted by Crippen LogP contribution is -2.34. The molecule has 0 aliphatic rings. The number of aromatic carboxylic acids is 1. The van der Waals surface area contributed by atoms with Crippen molar-refractivity contribution in [3.05, 3.63) is 51.5 Å². The van der Waals surface area contributed by atoms with Crippen LogP contribution in [-0.2, 0) is 6.42 Å². The number of rotatable bonds is 5. The van der Waals surface area contributed by atoms with Crippen LogP contribution in [0.25, 0.3) is 0 Å². The minimum absolute atomic E-state index is 0.0306. The van der Waals surface area contributed by atoms with Crippen LogP contribution in [0.3, 0.4) is 0 Å². The molecule has 0 aliphatic carbocycles. The lowest BCUT2D eigenvalue weighted by atomic mass is 10.1. The predicted molar refractivity (Wildman–Crippen MR) is 80.9 cm³/mol. The second-order valence-corrected chi connectivity index (χ2v) is 6.20. The van der Waals surface area contributed by atoms with Gasteiger partial charge < -0.3 is 10.4 Å². The van der Waals surface area contributed by atoms with Crippen molar-refractivity contribution in [1.29, 1.82) is 0 Å². The van der Waals surface area contributed by atoms with Crippen LogP contribution in [0.4, 0.5) is 0 Å². The van der Waals surface area contributed by atoms with Crippen LogP contribution >= 0.6 is 11.3 Å². The maximum Gasteiger partial charge on any atom is 0.354 e. The van der Waals surface area contributed by atoms with E-state index in [4.69, 9.17) is 5.11 Å². The number of carbonyl (C=O) groups excluding carboxylic acids is 1. The van der Waals surface area contributed by atoms with Gasteiger partial charge in [-0.1, -0.05) is 0 Å². The first-order valence-electron chi connectivity index (χ1n) is 6.51. The number of hydrogen-bond donors (Lipinski definition) is 2. The van der Waals surface area contributed by atoms with E-state index in [9.17, 15) is 9.59 Å². The fourth-order valence-corrected chi connectivity index (χ4v) is 2.96. The Labute approximate surface area is 126 Å². The van der Waals surface area contributed by atoms with E-state index in [1.165, 1.54) is 28.1 Å². The number of carbonyl (C=O) groups is 2. The molecular formula is C15H16N2O3S. The van der Waals surface area contributed by atoms with E-state index in [0.717, 1.165) is 6.42 Å². The number of nitrogens with zero attached hydrogens (tertiary/aromatic N) is 1. The molecule has 0 radical (unpaired) electrons. The van der Waals surface area contributed by atoms with Gasteiger partial charge in [0.2, 0.25) is 0 Å². The number of pyridine rings is 1. The zero-order valence-corrected chi connectivity index (χ0v) is 12.6. The minimum Gasteiger partial charge on any atom is -0.477 e. The number of nitrogens with one attached hydrogen (secondary N) is 1. The number of amides is 1. The molecule has 2 rings (SSSR count).